The van der Waals surface area contributed by atoms with Crippen molar-refractivity contribution < 1.29 is 14.3 Å². The Kier molecular flexibility index (Phi) is 9.57. The second-order valence-corrected chi connectivity index (χ2v) is 5.57. The highest BCUT2D eigenvalue weighted by molar-refractivity contribution is 5.90. The van der Waals surface area contributed by atoms with E-state index in [1.807, 2.05) is 0 Å². The number of carbonyl (C=O) groups is 2. The quantitative estimate of drug-likeness (QED) is 0.675. The molecule has 6 nitrogen and oxygen atoms in total. The molecule has 0 aromatic heterocycles. The summed E-state index contributed by atoms with van der Waals surface area (Å²) in [5.41, 5.74) is 5.40. The molecule has 0 radical (unpaired) electrons. The summed E-state index contributed by atoms with van der Waals surface area (Å²) in [6.07, 6.45) is 5.30. The van der Waals surface area contributed by atoms with Crippen molar-refractivity contribution in [3.63, 3.8) is 0 Å². The number of likely N-dealkylation sites (N-methyl/N-ethyl adjacent to an activating group) is 1. The molecule has 0 atom stereocenters. The van der Waals surface area contributed by atoms with E-state index in [1.165, 1.54) is 4.90 Å². The minimum absolute atomic E-state index is 0. The summed E-state index contributed by atoms with van der Waals surface area (Å²) < 4.78 is 4.90. The van der Waals surface area contributed by atoms with Gasteiger partial charge in [-0.05, 0) is 19.3 Å². The summed E-state index contributed by atoms with van der Waals surface area (Å²) in [6, 6.07) is 0. The fourth-order valence-corrected chi connectivity index (χ4v) is 2.56. The van der Waals surface area contributed by atoms with Gasteiger partial charge in [-0.15, -0.1) is 12.4 Å². The number of methoxy groups -OCH3 is 1. The normalized spacial score (nSPS) is 16.7. The smallest absolute Gasteiger partial charge is 0.242 e. The number of halogens is 1. The number of nitrogens with one attached hydrogen (secondary N) is 1. The molecule has 1 fully saturated rings. The Hall–Kier alpha value is -0.850. The Morgan fingerprint density at radius 3 is 2.48 bits per heavy atom. The van der Waals surface area contributed by atoms with Gasteiger partial charge in [0.05, 0.1) is 12.1 Å². The Morgan fingerprint density at radius 2 is 1.90 bits per heavy atom. The van der Waals surface area contributed by atoms with Crippen LogP contribution in [0.5, 0.6) is 0 Å². The first-order chi connectivity index (χ1) is 9.49. The lowest BCUT2D eigenvalue weighted by Crippen LogP contribution is -2.56. The maximum absolute atomic E-state index is 12.3. The lowest BCUT2D eigenvalue weighted by atomic mass is 9.81. The maximum atomic E-state index is 12.3. The first-order valence-electron chi connectivity index (χ1n) is 7.30. The lowest BCUT2D eigenvalue weighted by molar-refractivity contribution is -0.140. The standard InChI is InChI=1S/C14H27N3O3.ClH/c1-17(11-12(18)16-9-6-10-20-2)13(19)14(15)7-4-3-5-8-14;/h3-11,15H2,1-2H3,(H,16,18);1H. The topological polar surface area (TPSA) is 84.7 Å². The Morgan fingerprint density at radius 1 is 1.29 bits per heavy atom. The highest BCUT2D eigenvalue weighted by Gasteiger charge is 2.37. The summed E-state index contributed by atoms with van der Waals surface area (Å²) in [5.74, 6) is -0.277. The molecular weight excluding hydrogens is 294 g/mol. The van der Waals surface area contributed by atoms with Crippen molar-refractivity contribution in [2.45, 2.75) is 44.1 Å². The minimum Gasteiger partial charge on any atom is -0.385 e. The molecular formula is C14H28ClN3O3. The molecule has 124 valence electrons. The van der Waals surface area contributed by atoms with Crippen LogP contribution in [0.4, 0.5) is 0 Å². The fourth-order valence-electron chi connectivity index (χ4n) is 2.56. The van der Waals surface area contributed by atoms with E-state index >= 15 is 0 Å². The maximum Gasteiger partial charge on any atom is 0.242 e. The lowest BCUT2D eigenvalue weighted by Gasteiger charge is -2.35. The van der Waals surface area contributed by atoms with E-state index in [2.05, 4.69) is 5.32 Å². The van der Waals surface area contributed by atoms with Gasteiger partial charge in [-0.2, -0.15) is 0 Å². The molecule has 0 unspecified atom stereocenters. The minimum atomic E-state index is -0.774. The third kappa shape index (κ3) is 6.63. The number of nitrogens with two attached hydrogens (primary N) is 1. The van der Waals surface area contributed by atoms with Crippen LogP contribution in [-0.4, -0.2) is 56.1 Å². The van der Waals surface area contributed by atoms with Crippen molar-refractivity contribution in [1.29, 1.82) is 0 Å². The van der Waals surface area contributed by atoms with E-state index in [9.17, 15) is 9.59 Å². The zero-order chi connectivity index (χ0) is 15.0. The van der Waals surface area contributed by atoms with Crippen LogP contribution in [0.15, 0.2) is 0 Å². The predicted molar refractivity (Wildman–Crippen MR) is 84.4 cm³/mol. The van der Waals surface area contributed by atoms with E-state index in [-0.39, 0.29) is 30.8 Å². The molecule has 1 aliphatic carbocycles. The van der Waals surface area contributed by atoms with Gasteiger partial charge in [-0.1, -0.05) is 19.3 Å². The highest BCUT2D eigenvalue weighted by atomic mass is 35.5. The summed E-state index contributed by atoms with van der Waals surface area (Å²) >= 11 is 0. The molecule has 1 saturated carbocycles. The van der Waals surface area contributed by atoms with E-state index in [4.69, 9.17) is 10.5 Å². The summed E-state index contributed by atoms with van der Waals surface area (Å²) in [7, 11) is 3.26. The first-order valence-corrected chi connectivity index (χ1v) is 7.30. The third-order valence-corrected chi connectivity index (χ3v) is 3.75. The largest absolute Gasteiger partial charge is 0.385 e. The van der Waals surface area contributed by atoms with Crippen molar-refractivity contribution in [1.82, 2.24) is 10.2 Å². The fraction of sp³-hybridized carbons (Fsp3) is 0.857. The van der Waals surface area contributed by atoms with Gasteiger partial charge in [0.25, 0.3) is 0 Å². The molecule has 7 heteroatoms. The highest BCUT2D eigenvalue weighted by Crippen LogP contribution is 2.27. The van der Waals surface area contributed by atoms with Gasteiger partial charge in [0.2, 0.25) is 11.8 Å². The number of hydrogen-bond donors (Lipinski definition) is 2. The number of hydrogen-bond acceptors (Lipinski definition) is 4. The molecule has 1 rings (SSSR count). The molecule has 0 aliphatic heterocycles. The van der Waals surface area contributed by atoms with Gasteiger partial charge >= 0.3 is 0 Å². The number of carbonyl (C=O) groups excluding carboxylic acids is 2. The SMILES string of the molecule is COCCCNC(=O)CN(C)C(=O)C1(N)CCCCC1.Cl. The van der Waals surface area contributed by atoms with Gasteiger partial charge in [-0.3, -0.25) is 9.59 Å². The number of rotatable bonds is 7. The number of nitrogens with zero attached hydrogens (tertiary/aromatic N) is 1. The number of amides is 2. The van der Waals surface area contributed by atoms with Crippen LogP contribution in [-0.2, 0) is 14.3 Å². The first kappa shape index (κ1) is 20.1. The second-order valence-electron chi connectivity index (χ2n) is 5.57. The summed E-state index contributed by atoms with van der Waals surface area (Å²) in [4.78, 5) is 25.5. The molecule has 0 spiro atoms. The van der Waals surface area contributed by atoms with Crippen LogP contribution in [0.2, 0.25) is 0 Å². The second kappa shape index (κ2) is 9.97. The summed E-state index contributed by atoms with van der Waals surface area (Å²) in [6.45, 7) is 1.23. The Bertz CT molecular complexity index is 333. The van der Waals surface area contributed by atoms with Gasteiger partial charge in [-0.25, -0.2) is 0 Å². The van der Waals surface area contributed by atoms with E-state index in [0.717, 1.165) is 25.7 Å². The molecule has 0 heterocycles. The Labute approximate surface area is 133 Å². The van der Waals surface area contributed by atoms with Crippen molar-refractivity contribution in [3.05, 3.63) is 0 Å². The van der Waals surface area contributed by atoms with Crippen LogP contribution in [0.25, 0.3) is 0 Å². The molecule has 21 heavy (non-hydrogen) atoms. The molecule has 0 saturated heterocycles. The van der Waals surface area contributed by atoms with E-state index < -0.39 is 5.54 Å². The predicted octanol–water partition coefficient (Wildman–Crippen LogP) is 0.681. The van der Waals surface area contributed by atoms with Gasteiger partial charge in [0, 0.05) is 27.3 Å². The average Bonchev–Trinajstić information content (AvgIpc) is 2.43. The van der Waals surface area contributed by atoms with Crippen molar-refractivity contribution in [2.24, 2.45) is 5.73 Å². The molecule has 0 aromatic carbocycles. The summed E-state index contributed by atoms with van der Waals surface area (Å²) in [5, 5.41) is 2.77. The zero-order valence-electron chi connectivity index (χ0n) is 13.0. The molecule has 0 aromatic rings. The molecule has 0 bridgehead atoms. The van der Waals surface area contributed by atoms with Gasteiger partial charge in [0.1, 0.15) is 0 Å². The van der Waals surface area contributed by atoms with Crippen LogP contribution in [0.1, 0.15) is 38.5 Å². The van der Waals surface area contributed by atoms with E-state index in [0.29, 0.717) is 26.0 Å². The van der Waals surface area contributed by atoms with Crippen LogP contribution < -0.4 is 11.1 Å². The molecule has 3 N–H and O–H groups in total. The monoisotopic (exact) mass is 321 g/mol. The van der Waals surface area contributed by atoms with Crippen LogP contribution >= 0.6 is 12.4 Å². The van der Waals surface area contributed by atoms with Crippen LogP contribution in [0.3, 0.4) is 0 Å². The van der Waals surface area contributed by atoms with Crippen molar-refractivity contribution >= 4 is 24.2 Å². The van der Waals surface area contributed by atoms with Gasteiger partial charge in [0.15, 0.2) is 0 Å². The van der Waals surface area contributed by atoms with E-state index in [1.54, 1.807) is 14.2 Å². The van der Waals surface area contributed by atoms with Crippen LogP contribution in [0, 0.1) is 0 Å². The number of ether oxygens (including phenoxy) is 1. The molecule has 2 amide bonds. The molecule has 1 aliphatic rings. The Balaban J connectivity index is 0.00000400. The average molecular weight is 322 g/mol. The zero-order valence-corrected chi connectivity index (χ0v) is 13.8. The van der Waals surface area contributed by atoms with Crippen molar-refractivity contribution in [2.75, 3.05) is 33.9 Å². The third-order valence-electron chi connectivity index (χ3n) is 3.75. The van der Waals surface area contributed by atoms with Gasteiger partial charge < -0.3 is 20.7 Å². The van der Waals surface area contributed by atoms with Crippen molar-refractivity contribution in [3.8, 4) is 0 Å².